The third kappa shape index (κ3) is 4.32. The Hall–Kier alpha value is -1.92. The molecule has 0 radical (unpaired) electrons. The molecule has 104 valence electrons. The molecule has 1 aromatic carbocycles. The van der Waals surface area contributed by atoms with Crippen LogP contribution >= 0.6 is 11.6 Å². The predicted molar refractivity (Wildman–Crippen MR) is 81.1 cm³/mol. The van der Waals surface area contributed by atoms with E-state index < -0.39 is 0 Å². The standard InChI is InChI=1S/C16H17ClN2O/c1-14-12-15(4-2-7-17)5-6-16(14)20-11-3-9-19-10-8-18-13-19/h5-6,8,10,12-13H,3,7,9,11H2,1H3. The van der Waals surface area contributed by atoms with Gasteiger partial charge in [0.25, 0.3) is 0 Å². The van der Waals surface area contributed by atoms with Crippen LogP contribution in [0.3, 0.4) is 0 Å². The maximum Gasteiger partial charge on any atom is 0.122 e. The fourth-order valence-corrected chi connectivity index (χ4v) is 1.94. The molecule has 0 atom stereocenters. The van der Waals surface area contributed by atoms with Gasteiger partial charge < -0.3 is 9.30 Å². The van der Waals surface area contributed by atoms with Crippen LogP contribution in [0.5, 0.6) is 5.75 Å². The lowest BCUT2D eigenvalue weighted by molar-refractivity contribution is 0.300. The maximum atomic E-state index is 5.79. The zero-order valence-electron chi connectivity index (χ0n) is 11.5. The Bertz CT molecular complexity index is 597. The molecule has 1 aromatic heterocycles. The number of nitrogens with zero attached hydrogens (tertiary/aromatic N) is 2. The monoisotopic (exact) mass is 288 g/mol. The van der Waals surface area contributed by atoms with E-state index in [1.807, 2.05) is 42.2 Å². The number of hydrogen-bond donors (Lipinski definition) is 0. The van der Waals surface area contributed by atoms with E-state index in [4.69, 9.17) is 16.3 Å². The summed E-state index contributed by atoms with van der Waals surface area (Å²) in [6.07, 6.45) is 6.50. The van der Waals surface area contributed by atoms with Gasteiger partial charge in [0.15, 0.2) is 0 Å². The van der Waals surface area contributed by atoms with E-state index in [0.29, 0.717) is 12.5 Å². The number of hydrogen-bond acceptors (Lipinski definition) is 2. The molecule has 0 unspecified atom stereocenters. The van der Waals surface area contributed by atoms with Crippen LogP contribution in [0.15, 0.2) is 36.9 Å². The number of aromatic nitrogens is 2. The van der Waals surface area contributed by atoms with E-state index >= 15 is 0 Å². The minimum Gasteiger partial charge on any atom is -0.493 e. The maximum absolute atomic E-state index is 5.79. The third-order valence-electron chi connectivity index (χ3n) is 2.85. The molecule has 0 spiro atoms. The van der Waals surface area contributed by atoms with Crippen LogP contribution in [-0.4, -0.2) is 22.0 Å². The van der Waals surface area contributed by atoms with Gasteiger partial charge in [-0.05, 0) is 37.1 Å². The summed E-state index contributed by atoms with van der Waals surface area (Å²) in [5, 5.41) is 0. The fourth-order valence-electron chi connectivity index (χ4n) is 1.87. The molecule has 0 saturated carbocycles. The summed E-state index contributed by atoms with van der Waals surface area (Å²) < 4.78 is 7.83. The second-order valence-electron chi connectivity index (χ2n) is 4.42. The van der Waals surface area contributed by atoms with Gasteiger partial charge >= 0.3 is 0 Å². The summed E-state index contributed by atoms with van der Waals surface area (Å²) in [5.41, 5.74) is 2.06. The highest BCUT2D eigenvalue weighted by Crippen LogP contribution is 2.19. The van der Waals surface area contributed by atoms with Gasteiger partial charge in [-0.1, -0.05) is 11.8 Å². The van der Waals surface area contributed by atoms with Gasteiger partial charge in [0.05, 0.1) is 18.8 Å². The Kier molecular flexibility index (Phi) is 5.52. The van der Waals surface area contributed by atoms with Gasteiger partial charge in [-0.25, -0.2) is 4.98 Å². The number of rotatable bonds is 5. The van der Waals surface area contributed by atoms with Crippen LogP contribution in [0.4, 0.5) is 0 Å². The molecule has 0 aliphatic rings. The Labute approximate surface area is 124 Å². The molecule has 2 aromatic rings. The molecule has 0 amide bonds. The highest BCUT2D eigenvalue weighted by atomic mass is 35.5. The number of halogens is 1. The van der Waals surface area contributed by atoms with E-state index in [9.17, 15) is 0 Å². The van der Waals surface area contributed by atoms with Crippen molar-refractivity contribution in [3.63, 3.8) is 0 Å². The SMILES string of the molecule is Cc1cc(C#CCCl)ccc1OCCCn1ccnc1. The normalized spacial score (nSPS) is 9.90. The molecular formula is C16H17ClN2O. The van der Waals surface area contributed by atoms with Crippen LogP contribution in [0.2, 0.25) is 0 Å². The van der Waals surface area contributed by atoms with Gasteiger partial charge in [-0.2, -0.15) is 0 Å². The summed E-state index contributed by atoms with van der Waals surface area (Å²) in [5.74, 6) is 7.11. The molecule has 0 aliphatic carbocycles. The van der Waals surface area contributed by atoms with Crippen molar-refractivity contribution in [2.24, 2.45) is 0 Å². The second kappa shape index (κ2) is 7.62. The summed E-state index contributed by atoms with van der Waals surface area (Å²) >= 11 is 5.54. The first kappa shape index (κ1) is 14.5. The van der Waals surface area contributed by atoms with Gasteiger partial charge in [0, 0.05) is 24.5 Å². The number of ether oxygens (including phenoxy) is 1. The van der Waals surface area contributed by atoms with Crippen LogP contribution in [-0.2, 0) is 6.54 Å². The van der Waals surface area contributed by atoms with E-state index in [1.54, 1.807) is 6.20 Å². The summed E-state index contributed by atoms with van der Waals surface area (Å²) in [4.78, 5) is 4.01. The molecule has 0 saturated heterocycles. The largest absolute Gasteiger partial charge is 0.493 e. The van der Waals surface area contributed by atoms with E-state index in [0.717, 1.165) is 29.8 Å². The zero-order chi connectivity index (χ0) is 14.2. The molecule has 1 heterocycles. The van der Waals surface area contributed by atoms with Crippen molar-refractivity contribution < 1.29 is 4.74 Å². The fraction of sp³-hybridized carbons (Fsp3) is 0.312. The number of alkyl halides is 1. The quantitative estimate of drug-likeness (QED) is 0.480. The van der Waals surface area contributed by atoms with Crippen LogP contribution in [0.25, 0.3) is 0 Å². The molecule has 2 rings (SSSR count). The highest BCUT2D eigenvalue weighted by Gasteiger charge is 2.00. The Balaban J connectivity index is 1.83. The lowest BCUT2D eigenvalue weighted by Crippen LogP contribution is -2.03. The van der Waals surface area contributed by atoms with E-state index in [1.165, 1.54) is 0 Å². The van der Waals surface area contributed by atoms with Gasteiger partial charge in [0.2, 0.25) is 0 Å². The van der Waals surface area contributed by atoms with E-state index in [2.05, 4.69) is 16.8 Å². The molecule has 0 fully saturated rings. The number of aryl methyl sites for hydroxylation is 2. The van der Waals surface area contributed by atoms with Crippen molar-refractivity contribution in [3.05, 3.63) is 48.0 Å². The van der Waals surface area contributed by atoms with Crippen molar-refractivity contribution >= 4 is 11.6 Å². The Morgan fingerprint density at radius 1 is 1.40 bits per heavy atom. The molecular weight excluding hydrogens is 272 g/mol. The van der Waals surface area contributed by atoms with E-state index in [-0.39, 0.29) is 0 Å². The lowest BCUT2D eigenvalue weighted by Gasteiger charge is -2.09. The van der Waals surface area contributed by atoms with Gasteiger partial charge in [-0.15, -0.1) is 11.6 Å². The topological polar surface area (TPSA) is 27.1 Å². The lowest BCUT2D eigenvalue weighted by atomic mass is 10.1. The summed E-state index contributed by atoms with van der Waals surface area (Å²) in [7, 11) is 0. The third-order valence-corrected chi connectivity index (χ3v) is 2.99. The molecule has 0 aliphatic heterocycles. The molecule has 0 bridgehead atoms. The molecule has 0 N–H and O–H groups in total. The van der Waals surface area contributed by atoms with Gasteiger partial charge in [-0.3, -0.25) is 0 Å². The summed E-state index contributed by atoms with van der Waals surface area (Å²) in [6, 6.07) is 5.94. The Morgan fingerprint density at radius 3 is 3.00 bits per heavy atom. The van der Waals surface area contributed by atoms with Crippen molar-refractivity contribution in [1.82, 2.24) is 9.55 Å². The van der Waals surface area contributed by atoms with Crippen molar-refractivity contribution in [3.8, 4) is 17.6 Å². The van der Waals surface area contributed by atoms with Crippen molar-refractivity contribution in [1.29, 1.82) is 0 Å². The smallest absolute Gasteiger partial charge is 0.122 e. The summed E-state index contributed by atoms with van der Waals surface area (Å²) in [6.45, 7) is 3.63. The average Bonchev–Trinajstić information content (AvgIpc) is 2.96. The van der Waals surface area contributed by atoms with Crippen molar-refractivity contribution in [2.75, 3.05) is 12.5 Å². The second-order valence-corrected chi connectivity index (χ2v) is 4.69. The minimum absolute atomic E-state index is 0.353. The van der Waals surface area contributed by atoms with Crippen LogP contribution < -0.4 is 4.74 Å². The zero-order valence-corrected chi connectivity index (χ0v) is 12.2. The average molecular weight is 289 g/mol. The first-order valence-corrected chi connectivity index (χ1v) is 7.07. The Morgan fingerprint density at radius 2 is 2.30 bits per heavy atom. The first-order chi connectivity index (χ1) is 9.79. The van der Waals surface area contributed by atoms with Gasteiger partial charge in [0.1, 0.15) is 5.75 Å². The van der Waals surface area contributed by atoms with Crippen molar-refractivity contribution in [2.45, 2.75) is 19.9 Å². The first-order valence-electron chi connectivity index (χ1n) is 6.53. The molecule has 4 heteroatoms. The predicted octanol–water partition coefficient (Wildman–Crippen LogP) is 3.25. The van der Waals surface area contributed by atoms with Crippen LogP contribution in [0, 0.1) is 18.8 Å². The van der Waals surface area contributed by atoms with Crippen LogP contribution in [0.1, 0.15) is 17.5 Å². The minimum atomic E-state index is 0.353. The highest BCUT2D eigenvalue weighted by molar-refractivity contribution is 6.19. The molecule has 20 heavy (non-hydrogen) atoms. The number of benzene rings is 1. The number of imidazole rings is 1. The molecule has 3 nitrogen and oxygen atoms in total.